The van der Waals surface area contributed by atoms with Crippen molar-refractivity contribution in [1.82, 2.24) is 9.97 Å². The summed E-state index contributed by atoms with van der Waals surface area (Å²) in [5.41, 5.74) is 5.68. The fourth-order valence-electron chi connectivity index (χ4n) is 1.48. The number of rotatable bonds is 4. The van der Waals surface area contributed by atoms with Crippen LogP contribution in [0.1, 0.15) is 12.2 Å². The molecule has 5 heteroatoms. The average Bonchev–Trinajstić information content (AvgIpc) is 2.35. The van der Waals surface area contributed by atoms with E-state index < -0.39 is 11.7 Å². The number of nitrogens with two attached hydrogens (primary N) is 1. The zero-order valence-corrected chi connectivity index (χ0v) is 9.09. The van der Waals surface area contributed by atoms with Crippen LogP contribution in [0.5, 0.6) is 0 Å². The number of Topliss-reactive ketones (excluding diaryl/α,β-unsaturated/α-hetero) is 1. The molecule has 0 unspecified atom stereocenters. The molecule has 0 aliphatic heterocycles. The Morgan fingerprint density at radius 1 is 1.24 bits per heavy atom. The minimum atomic E-state index is -0.911. The minimum absolute atomic E-state index is 0.0493. The Morgan fingerprint density at radius 2 is 2.00 bits per heavy atom. The molecular weight excluding hydrogens is 218 g/mol. The van der Waals surface area contributed by atoms with E-state index in [-0.39, 0.29) is 6.42 Å². The van der Waals surface area contributed by atoms with Gasteiger partial charge in [-0.1, -0.05) is 18.2 Å². The Hall–Kier alpha value is -2.30. The molecule has 17 heavy (non-hydrogen) atoms. The number of fused-ring (bicyclic) bond motifs is 1. The van der Waals surface area contributed by atoms with Gasteiger partial charge in [-0.05, 0) is 6.07 Å². The Bertz CT molecular complexity index is 581. The van der Waals surface area contributed by atoms with Crippen LogP contribution in [0.3, 0.4) is 0 Å². The molecule has 2 aromatic rings. The molecule has 0 aliphatic rings. The Labute approximate surface area is 97.7 Å². The fraction of sp³-hybridized carbons (Fsp3) is 0.167. The van der Waals surface area contributed by atoms with Gasteiger partial charge in [0.1, 0.15) is 5.82 Å². The summed E-state index contributed by atoms with van der Waals surface area (Å²) in [6, 6.07) is 7.57. The predicted molar refractivity (Wildman–Crippen MR) is 62.1 cm³/mol. The molecule has 0 fully saturated rings. The van der Waals surface area contributed by atoms with Crippen LogP contribution in [0.25, 0.3) is 10.9 Å². The lowest BCUT2D eigenvalue weighted by Gasteiger charge is -2.00. The second kappa shape index (κ2) is 4.69. The molecule has 0 saturated carbocycles. The molecule has 86 valence electrons. The number of carbonyl (C=O) groups excluding carboxylic acids is 2. The van der Waals surface area contributed by atoms with Crippen LogP contribution in [0.15, 0.2) is 30.5 Å². The second-order valence-electron chi connectivity index (χ2n) is 3.63. The van der Waals surface area contributed by atoms with E-state index in [0.717, 1.165) is 10.9 Å². The van der Waals surface area contributed by atoms with Gasteiger partial charge in [-0.25, -0.2) is 9.97 Å². The van der Waals surface area contributed by atoms with Crippen LogP contribution < -0.4 is 5.73 Å². The third-order valence-electron chi connectivity index (χ3n) is 2.39. The first-order chi connectivity index (χ1) is 8.16. The van der Waals surface area contributed by atoms with Crippen molar-refractivity contribution in [3.05, 3.63) is 36.3 Å². The van der Waals surface area contributed by atoms with Crippen molar-refractivity contribution in [2.45, 2.75) is 12.8 Å². The van der Waals surface area contributed by atoms with Gasteiger partial charge in [-0.2, -0.15) is 0 Å². The predicted octanol–water partition coefficient (Wildman–Crippen LogP) is 0.617. The van der Waals surface area contributed by atoms with E-state index in [1.165, 1.54) is 0 Å². The molecule has 1 aromatic carbocycles. The number of aromatic nitrogens is 2. The number of ketones is 1. The molecule has 0 atom stereocenters. The first-order valence-corrected chi connectivity index (χ1v) is 5.20. The molecule has 0 radical (unpaired) electrons. The second-order valence-corrected chi connectivity index (χ2v) is 3.63. The normalized spacial score (nSPS) is 10.4. The Balaban J connectivity index is 2.14. The summed E-state index contributed by atoms with van der Waals surface area (Å²) < 4.78 is 0. The van der Waals surface area contributed by atoms with Gasteiger partial charge < -0.3 is 5.73 Å². The van der Waals surface area contributed by atoms with E-state index >= 15 is 0 Å². The molecule has 1 aromatic heterocycles. The molecule has 5 nitrogen and oxygen atoms in total. The van der Waals surface area contributed by atoms with E-state index in [1.807, 2.05) is 24.3 Å². The van der Waals surface area contributed by atoms with E-state index in [1.54, 1.807) is 6.20 Å². The quantitative estimate of drug-likeness (QED) is 0.778. The molecule has 0 spiro atoms. The summed E-state index contributed by atoms with van der Waals surface area (Å²) in [6.45, 7) is 0. The maximum atomic E-state index is 11.0. The van der Waals surface area contributed by atoms with Crippen molar-refractivity contribution >= 4 is 22.6 Å². The number of nitrogens with zero attached hydrogens (tertiary/aromatic N) is 2. The SMILES string of the molecule is NC(=O)C(=O)CCc1ncc2ccccc2n1. The molecular formula is C12H11N3O2. The van der Waals surface area contributed by atoms with Gasteiger partial charge in [-0.3, -0.25) is 9.59 Å². The van der Waals surface area contributed by atoms with Crippen molar-refractivity contribution in [3.63, 3.8) is 0 Å². The standard InChI is InChI=1S/C12H11N3O2/c13-12(17)10(16)5-6-11-14-7-8-3-1-2-4-9(8)15-11/h1-4,7H,5-6H2,(H2,13,17). The maximum Gasteiger partial charge on any atom is 0.284 e. The van der Waals surface area contributed by atoms with Crippen molar-refractivity contribution in [2.75, 3.05) is 0 Å². The van der Waals surface area contributed by atoms with Gasteiger partial charge >= 0.3 is 0 Å². The fourth-order valence-corrected chi connectivity index (χ4v) is 1.48. The molecule has 1 amide bonds. The van der Waals surface area contributed by atoms with Gasteiger partial charge in [0.15, 0.2) is 0 Å². The van der Waals surface area contributed by atoms with E-state index in [0.29, 0.717) is 12.2 Å². The topological polar surface area (TPSA) is 85.9 Å². The highest BCUT2D eigenvalue weighted by molar-refractivity contribution is 6.35. The minimum Gasteiger partial charge on any atom is -0.363 e. The smallest absolute Gasteiger partial charge is 0.284 e. The third kappa shape index (κ3) is 2.63. The lowest BCUT2D eigenvalue weighted by Crippen LogP contribution is -2.23. The van der Waals surface area contributed by atoms with Crippen molar-refractivity contribution in [1.29, 1.82) is 0 Å². The highest BCUT2D eigenvalue weighted by Crippen LogP contribution is 2.10. The number of primary amides is 1. The Kier molecular flexibility index (Phi) is 3.09. The lowest BCUT2D eigenvalue weighted by molar-refractivity contribution is -0.135. The molecule has 2 N–H and O–H groups in total. The maximum absolute atomic E-state index is 11.0. The molecule has 1 heterocycles. The molecule has 0 saturated heterocycles. The summed E-state index contributed by atoms with van der Waals surface area (Å²) in [5.74, 6) is -0.967. The zero-order chi connectivity index (χ0) is 12.3. The van der Waals surface area contributed by atoms with Gasteiger partial charge in [-0.15, -0.1) is 0 Å². The number of para-hydroxylation sites is 1. The molecule has 0 bridgehead atoms. The first-order valence-electron chi connectivity index (χ1n) is 5.20. The van der Waals surface area contributed by atoms with Crippen molar-refractivity contribution in [3.8, 4) is 0 Å². The number of hydrogen-bond acceptors (Lipinski definition) is 4. The summed E-state index contributed by atoms with van der Waals surface area (Å²) in [4.78, 5) is 30.0. The largest absolute Gasteiger partial charge is 0.363 e. The lowest BCUT2D eigenvalue weighted by atomic mass is 10.2. The van der Waals surface area contributed by atoms with Gasteiger partial charge in [0.2, 0.25) is 5.78 Å². The third-order valence-corrected chi connectivity index (χ3v) is 2.39. The van der Waals surface area contributed by atoms with Crippen LogP contribution in [-0.2, 0) is 16.0 Å². The van der Waals surface area contributed by atoms with Crippen LogP contribution in [-0.4, -0.2) is 21.7 Å². The average molecular weight is 229 g/mol. The summed E-state index contributed by atoms with van der Waals surface area (Å²) >= 11 is 0. The molecule has 0 aliphatic carbocycles. The summed E-state index contributed by atoms with van der Waals surface area (Å²) in [6.07, 6.45) is 2.08. The van der Waals surface area contributed by atoms with Crippen molar-refractivity contribution in [2.24, 2.45) is 5.73 Å². The summed E-state index contributed by atoms with van der Waals surface area (Å²) in [7, 11) is 0. The number of benzene rings is 1. The van der Waals surface area contributed by atoms with Crippen LogP contribution in [0, 0.1) is 0 Å². The van der Waals surface area contributed by atoms with E-state index in [4.69, 9.17) is 5.73 Å². The van der Waals surface area contributed by atoms with Crippen LogP contribution in [0.4, 0.5) is 0 Å². The highest BCUT2D eigenvalue weighted by atomic mass is 16.2. The highest BCUT2D eigenvalue weighted by Gasteiger charge is 2.10. The monoisotopic (exact) mass is 229 g/mol. The van der Waals surface area contributed by atoms with Gasteiger partial charge in [0.25, 0.3) is 5.91 Å². The molecule has 2 rings (SSSR count). The van der Waals surface area contributed by atoms with Gasteiger partial charge in [0, 0.05) is 24.4 Å². The number of hydrogen-bond donors (Lipinski definition) is 1. The summed E-state index contributed by atoms with van der Waals surface area (Å²) in [5, 5.41) is 0.942. The number of carbonyl (C=O) groups is 2. The zero-order valence-electron chi connectivity index (χ0n) is 9.09. The first kappa shape index (κ1) is 11.2. The van der Waals surface area contributed by atoms with Gasteiger partial charge in [0.05, 0.1) is 5.52 Å². The van der Waals surface area contributed by atoms with Crippen LogP contribution in [0.2, 0.25) is 0 Å². The van der Waals surface area contributed by atoms with Crippen LogP contribution >= 0.6 is 0 Å². The van der Waals surface area contributed by atoms with Crippen molar-refractivity contribution < 1.29 is 9.59 Å². The number of amides is 1. The van der Waals surface area contributed by atoms with E-state index in [2.05, 4.69) is 9.97 Å². The number of aryl methyl sites for hydroxylation is 1. The van der Waals surface area contributed by atoms with E-state index in [9.17, 15) is 9.59 Å². The Morgan fingerprint density at radius 3 is 2.76 bits per heavy atom.